The Morgan fingerprint density at radius 2 is 1.58 bits per heavy atom. The molecule has 2 aromatic rings. The molecule has 3 N–H and O–H groups in total. The summed E-state index contributed by atoms with van der Waals surface area (Å²) in [5, 5.41) is 24.5. The summed E-state index contributed by atoms with van der Waals surface area (Å²) >= 11 is 0. The number of benzene rings is 2. The molecule has 3 atom stereocenters. The van der Waals surface area contributed by atoms with Gasteiger partial charge in [0.1, 0.15) is 12.5 Å². The lowest BCUT2D eigenvalue weighted by Crippen LogP contribution is -2.46. The van der Waals surface area contributed by atoms with Gasteiger partial charge in [0.05, 0.1) is 29.3 Å². The molecule has 0 aliphatic carbocycles. The Labute approximate surface area is 200 Å². The van der Waals surface area contributed by atoms with Crippen LogP contribution < -0.4 is 16.0 Å². The highest BCUT2D eigenvalue weighted by Crippen LogP contribution is 2.42. The van der Waals surface area contributed by atoms with E-state index in [2.05, 4.69) is 16.0 Å². The molecule has 1 aliphatic rings. The number of nitrogens with zero attached hydrogens (tertiary/aromatic N) is 2. The lowest BCUT2D eigenvalue weighted by Gasteiger charge is -2.23. The summed E-state index contributed by atoms with van der Waals surface area (Å²) in [4.78, 5) is 24.1. The van der Waals surface area contributed by atoms with E-state index in [4.69, 9.17) is 10.5 Å². The number of hydrogen-bond acceptors (Lipinski definition) is 5. The third-order valence-electron chi connectivity index (χ3n) is 5.52. The van der Waals surface area contributed by atoms with Crippen LogP contribution in [-0.2, 0) is 15.8 Å². The Bertz CT molecular complexity index is 1230. The Kier molecular flexibility index (Phi) is 7.55. The second-order valence-corrected chi connectivity index (χ2v) is 7.94. The fraction of sp³-hybridized carbons (Fsp3) is 0.304. The SMILES string of the molecule is N#CCC(=O)Nc1ccc(NC(=O)[C@@H]2CC(c3ccc(C#N)c(C(F)(F)F)c3)[C@H](C(F)(F)F)N2)cc1. The zero-order valence-corrected chi connectivity index (χ0v) is 18.2. The van der Waals surface area contributed by atoms with E-state index in [-0.39, 0.29) is 17.7 Å². The van der Waals surface area contributed by atoms with Gasteiger partial charge in [-0.2, -0.15) is 36.9 Å². The Morgan fingerprint density at radius 1 is 0.972 bits per heavy atom. The number of halogens is 6. The van der Waals surface area contributed by atoms with Crippen molar-refractivity contribution in [2.75, 3.05) is 10.6 Å². The molecule has 188 valence electrons. The number of hydrogen-bond donors (Lipinski definition) is 3. The molecule has 0 saturated carbocycles. The van der Waals surface area contributed by atoms with Gasteiger partial charge in [-0.1, -0.05) is 6.07 Å². The first-order valence-electron chi connectivity index (χ1n) is 10.3. The monoisotopic (exact) mass is 509 g/mol. The molecule has 1 fully saturated rings. The normalized spacial score (nSPS) is 19.7. The van der Waals surface area contributed by atoms with E-state index in [0.29, 0.717) is 11.8 Å². The highest BCUT2D eigenvalue weighted by atomic mass is 19.4. The van der Waals surface area contributed by atoms with Crippen LogP contribution in [0.25, 0.3) is 0 Å². The molecule has 1 unspecified atom stereocenters. The number of amides is 2. The van der Waals surface area contributed by atoms with Gasteiger partial charge in [0.2, 0.25) is 11.8 Å². The molecule has 0 spiro atoms. The van der Waals surface area contributed by atoms with E-state index in [1.807, 2.05) is 0 Å². The number of nitriles is 2. The topological polar surface area (TPSA) is 118 Å². The minimum atomic E-state index is -4.95. The molecule has 0 bridgehead atoms. The van der Waals surface area contributed by atoms with Gasteiger partial charge in [0.15, 0.2) is 0 Å². The molecule has 7 nitrogen and oxygen atoms in total. The average Bonchev–Trinajstić information content (AvgIpc) is 3.26. The van der Waals surface area contributed by atoms with Crippen molar-refractivity contribution in [1.82, 2.24) is 5.32 Å². The summed E-state index contributed by atoms with van der Waals surface area (Å²) in [5.74, 6) is -2.89. The second-order valence-electron chi connectivity index (χ2n) is 7.94. The van der Waals surface area contributed by atoms with Gasteiger partial charge in [-0.25, -0.2) is 0 Å². The summed E-state index contributed by atoms with van der Waals surface area (Å²) in [6, 6.07) is 7.32. The predicted molar refractivity (Wildman–Crippen MR) is 114 cm³/mol. The van der Waals surface area contributed by atoms with E-state index in [9.17, 15) is 35.9 Å². The highest BCUT2D eigenvalue weighted by Gasteiger charge is 2.52. The maximum Gasteiger partial charge on any atom is 0.417 e. The molecule has 0 aromatic heterocycles. The summed E-state index contributed by atoms with van der Waals surface area (Å²) in [6.45, 7) is 0. The molecule has 1 heterocycles. The quantitative estimate of drug-likeness (QED) is 0.515. The van der Waals surface area contributed by atoms with Crippen molar-refractivity contribution in [1.29, 1.82) is 10.5 Å². The predicted octanol–water partition coefficient (Wildman–Crippen LogP) is 4.44. The number of carbonyl (C=O) groups is 2. The summed E-state index contributed by atoms with van der Waals surface area (Å²) in [7, 11) is 0. The zero-order valence-electron chi connectivity index (χ0n) is 18.2. The number of alkyl halides is 6. The largest absolute Gasteiger partial charge is 0.417 e. The molecule has 2 amide bonds. The van der Waals surface area contributed by atoms with Crippen LogP contribution in [0, 0.1) is 22.7 Å². The number of rotatable bonds is 5. The maximum absolute atomic E-state index is 13.7. The van der Waals surface area contributed by atoms with Gasteiger partial charge in [0, 0.05) is 17.3 Å². The molecule has 36 heavy (non-hydrogen) atoms. The molecule has 2 aromatic carbocycles. The zero-order chi connectivity index (χ0) is 26.7. The second kappa shape index (κ2) is 10.3. The number of nitrogens with one attached hydrogen (secondary N) is 3. The van der Waals surface area contributed by atoms with E-state index < -0.39 is 59.7 Å². The summed E-state index contributed by atoms with van der Waals surface area (Å²) < 4.78 is 81.1. The summed E-state index contributed by atoms with van der Waals surface area (Å²) in [5.41, 5.74) is -1.85. The minimum absolute atomic E-state index is 0.199. The van der Waals surface area contributed by atoms with Crippen LogP contribution in [0.5, 0.6) is 0 Å². The molecule has 13 heteroatoms. The first kappa shape index (κ1) is 26.5. The van der Waals surface area contributed by atoms with E-state index in [0.717, 1.165) is 12.1 Å². The van der Waals surface area contributed by atoms with Crippen LogP contribution in [0.3, 0.4) is 0 Å². The van der Waals surface area contributed by atoms with Gasteiger partial charge in [-0.3, -0.25) is 14.9 Å². The number of anilines is 2. The molecular formula is C23H17F6N5O2. The first-order valence-corrected chi connectivity index (χ1v) is 10.3. The van der Waals surface area contributed by atoms with E-state index >= 15 is 0 Å². The van der Waals surface area contributed by atoms with Crippen LogP contribution in [0.1, 0.15) is 35.4 Å². The van der Waals surface area contributed by atoms with E-state index in [1.165, 1.54) is 30.3 Å². The van der Waals surface area contributed by atoms with Crippen molar-refractivity contribution < 1.29 is 35.9 Å². The van der Waals surface area contributed by atoms with Crippen molar-refractivity contribution in [2.24, 2.45) is 0 Å². The van der Waals surface area contributed by atoms with Gasteiger partial charge in [0.25, 0.3) is 0 Å². The minimum Gasteiger partial charge on any atom is -0.325 e. The highest BCUT2D eigenvalue weighted by molar-refractivity contribution is 5.96. The van der Waals surface area contributed by atoms with Crippen LogP contribution in [-0.4, -0.2) is 30.1 Å². The van der Waals surface area contributed by atoms with Crippen LogP contribution in [0.4, 0.5) is 37.7 Å². The Balaban J connectivity index is 1.79. The third-order valence-corrected chi connectivity index (χ3v) is 5.52. The van der Waals surface area contributed by atoms with Crippen molar-refractivity contribution in [2.45, 2.75) is 43.2 Å². The lowest BCUT2D eigenvalue weighted by molar-refractivity contribution is -0.156. The lowest BCUT2D eigenvalue weighted by atomic mass is 9.88. The van der Waals surface area contributed by atoms with Crippen LogP contribution >= 0.6 is 0 Å². The van der Waals surface area contributed by atoms with Crippen molar-refractivity contribution >= 4 is 23.2 Å². The molecule has 1 saturated heterocycles. The van der Waals surface area contributed by atoms with Gasteiger partial charge in [-0.05, 0) is 48.4 Å². The fourth-order valence-corrected chi connectivity index (χ4v) is 3.89. The Morgan fingerprint density at radius 3 is 2.11 bits per heavy atom. The molecule has 3 rings (SSSR count). The van der Waals surface area contributed by atoms with Crippen LogP contribution in [0.2, 0.25) is 0 Å². The van der Waals surface area contributed by atoms with Gasteiger partial charge >= 0.3 is 12.4 Å². The standard InChI is InChI=1S/C23H17F6N5O2/c24-22(25,26)17-9-12(1-2-13(17)11-31)16-10-18(34-20(16)23(27,28)29)21(36)33-15-5-3-14(4-6-15)32-19(35)7-8-30/h1-6,9,16,18,20,34H,7,10H2,(H,32,35)(H,33,36)/t16?,18-,20+/m0/s1. The summed E-state index contributed by atoms with van der Waals surface area (Å²) in [6.07, 6.45) is -10.6. The van der Waals surface area contributed by atoms with Gasteiger partial charge in [-0.15, -0.1) is 0 Å². The molecular weight excluding hydrogens is 492 g/mol. The van der Waals surface area contributed by atoms with Crippen molar-refractivity contribution in [3.05, 3.63) is 59.2 Å². The molecule has 1 aliphatic heterocycles. The van der Waals surface area contributed by atoms with Gasteiger partial charge < -0.3 is 10.6 Å². The number of carbonyl (C=O) groups excluding carboxylic acids is 2. The smallest absolute Gasteiger partial charge is 0.325 e. The van der Waals surface area contributed by atoms with Crippen molar-refractivity contribution in [3.8, 4) is 12.1 Å². The first-order chi connectivity index (χ1) is 16.8. The van der Waals surface area contributed by atoms with Crippen LogP contribution in [0.15, 0.2) is 42.5 Å². The third kappa shape index (κ3) is 6.12. The Hall–Kier alpha value is -4.10. The average molecular weight is 509 g/mol. The van der Waals surface area contributed by atoms with Crippen molar-refractivity contribution in [3.63, 3.8) is 0 Å². The maximum atomic E-state index is 13.7. The van der Waals surface area contributed by atoms with E-state index in [1.54, 1.807) is 6.07 Å². The molecule has 0 radical (unpaired) electrons. The fourth-order valence-electron chi connectivity index (χ4n) is 3.89.